The number of carbonyl (C=O) groups is 1. The lowest BCUT2D eigenvalue weighted by Gasteiger charge is -2.31. The van der Waals surface area contributed by atoms with E-state index < -0.39 is 0 Å². The fourth-order valence-electron chi connectivity index (χ4n) is 0.773. The van der Waals surface area contributed by atoms with Crippen LogP contribution in [0.4, 0.5) is 0 Å². The second-order valence-corrected chi connectivity index (χ2v) is 3.51. The molecule has 68 valence electrons. The zero-order chi connectivity index (χ0) is 9.78. The molecule has 0 aliphatic carbocycles. The fourth-order valence-corrected chi connectivity index (χ4v) is 0.773. The minimum atomic E-state index is -0.173. The van der Waals surface area contributed by atoms with Crippen molar-refractivity contribution in [3.05, 3.63) is 25.3 Å². The molecule has 0 heterocycles. The Bertz CT molecular complexity index is 191. The summed E-state index contributed by atoms with van der Waals surface area (Å²) in [6.45, 7) is 7.03. The number of hydrogen-bond donors (Lipinski definition) is 1. The molecule has 1 amide bonds. The van der Waals surface area contributed by atoms with Crippen molar-refractivity contribution in [1.82, 2.24) is 5.32 Å². The molecule has 0 radical (unpaired) electrons. The molecule has 0 bridgehead atoms. The highest BCUT2D eigenvalue weighted by atomic mass is 16.1. The predicted octanol–water partition coefficient (Wildman–Crippen LogP) is 0.507. The summed E-state index contributed by atoms with van der Waals surface area (Å²) in [5.74, 6) is -0.173. The molecule has 3 heteroatoms. The number of nitrogens with one attached hydrogen (secondary N) is 1. The minimum absolute atomic E-state index is 0.0736. The quantitative estimate of drug-likeness (QED) is 0.282. The van der Waals surface area contributed by atoms with Crippen molar-refractivity contribution in [3.8, 4) is 0 Å². The Kier molecular flexibility index (Phi) is 3.70. The van der Waals surface area contributed by atoms with Gasteiger partial charge in [0.25, 0.3) is 0 Å². The summed E-state index contributed by atoms with van der Waals surface area (Å²) in [5.41, 5.74) is 0. The van der Waals surface area contributed by atoms with Gasteiger partial charge >= 0.3 is 0 Å². The number of nitrogens with zero attached hydrogens (tertiary/aromatic N) is 1. The first-order chi connectivity index (χ1) is 5.41. The van der Waals surface area contributed by atoms with Gasteiger partial charge in [0, 0.05) is 0 Å². The Labute approximate surface area is 74.0 Å². The van der Waals surface area contributed by atoms with Crippen LogP contribution >= 0.6 is 0 Å². The summed E-state index contributed by atoms with van der Waals surface area (Å²) in [5, 5.41) is 2.75. The van der Waals surface area contributed by atoms with Gasteiger partial charge < -0.3 is 4.48 Å². The van der Waals surface area contributed by atoms with E-state index >= 15 is 0 Å². The van der Waals surface area contributed by atoms with E-state index in [1.165, 1.54) is 6.08 Å². The van der Waals surface area contributed by atoms with Gasteiger partial charge in [-0.3, -0.25) is 10.1 Å². The molecule has 0 saturated heterocycles. The van der Waals surface area contributed by atoms with Crippen LogP contribution < -0.4 is 5.32 Å². The molecule has 0 aromatic carbocycles. The summed E-state index contributed by atoms with van der Waals surface area (Å²) >= 11 is 0. The van der Waals surface area contributed by atoms with E-state index in [-0.39, 0.29) is 12.1 Å². The van der Waals surface area contributed by atoms with Gasteiger partial charge in [-0.25, -0.2) is 0 Å². The molecule has 0 spiro atoms. The van der Waals surface area contributed by atoms with Crippen molar-refractivity contribution in [3.63, 3.8) is 0 Å². The molecule has 3 nitrogen and oxygen atoms in total. The maximum absolute atomic E-state index is 10.9. The lowest BCUT2D eigenvalue weighted by Crippen LogP contribution is -2.53. The number of likely N-dealkylation sites (N-methyl/N-ethyl adjacent to an activating group) is 1. The van der Waals surface area contributed by atoms with Crippen LogP contribution in [0.15, 0.2) is 25.3 Å². The standard InChI is InChI=1S/C9H16N2O/c1-6-8(11(3,4)5)10-9(12)7-2/h6-8H,1-2H2,3-5H3/p+1. The third kappa shape index (κ3) is 3.34. The van der Waals surface area contributed by atoms with Crippen LogP contribution in [-0.2, 0) is 4.79 Å². The lowest BCUT2D eigenvalue weighted by molar-refractivity contribution is -0.891. The topological polar surface area (TPSA) is 29.1 Å². The van der Waals surface area contributed by atoms with E-state index in [9.17, 15) is 4.79 Å². The largest absolute Gasteiger partial charge is 0.308 e. The first kappa shape index (κ1) is 10.9. The monoisotopic (exact) mass is 169 g/mol. The summed E-state index contributed by atoms with van der Waals surface area (Å²) in [6, 6.07) is 0. The maximum atomic E-state index is 10.9. The molecule has 0 saturated carbocycles. The Hall–Kier alpha value is -1.09. The van der Waals surface area contributed by atoms with Gasteiger partial charge in [-0.15, -0.1) is 0 Å². The van der Waals surface area contributed by atoms with Crippen LogP contribution in [0.1, 0.15) is 0 Å². The van der Waals surface area contributed by atoms with Crippen LogP contribution in [0.25, 0.3) is 0 Å². The van der Waals surface area contributed by atoms with Crippen molar-refractivity contribution in [2.75, 3.05) is 21.1 Å². The molecule has 0 rings (SSSR count). The van der Waals surface area contributed by atoms with Crippen molar-refractivity contribution < 1.29 is 9.28 Å². The van der Waals surface area contributed by atoms with Gasteiger partial charge in [0.05, 0.1) is 21.1 Å². The predicted molar refractivity (Wildman–Crippen MR) is 50.4 cm³/mol. The van der Waals surface area contributed by atoms with E-state index in [1.807, 2.05) is 21.1 Å². The highest BCUT2D eigenvalue weighted by Crippen LogP contribution is 1.99. The van der Waals surface area contributed by atoms with Crippen LogP contribution in [0.5, 0.6) is 0 Å². The second kappa shape index (κ2) is 4.07. The Morgan fingerprint density at radius 3 is 2.17 bits per heavy atom. The van der Waals surface area contributed by atoms with E-state index in [4.69, 9.17) is 0 Å². The minimum Gasteiger partial charge on any atom is -0.308 e. The molecule has 0 aromatic rings. The number of hydrogen-bond acceptors (Lipinski definition) is 1. The summed E-state index contributed by atoms with van der Waals surface area (Å²) in [4.78, 5) is 10.9. The third-order valence-electron chi connectivity index (χ3n) is 1.53. The van der Waals surface area contributed by atoms with Gasteiger partial charge in [-0.1, -0.05) is 13.2 Å². The smallest absolute Gasteiger partial charge is 0.248 e. The molecule has 0 aliphatic heterocycles. The van der Waals surface area contributed by atoms with Crippen LogP contribution in [0.3, 0.4) is 0 Å². The van der Waals surface area contributed by atoms with E-state index in [0.717, 1.165) is 0 Å². The molecule has 0 fully saturated rings. The van der Waals surface area contributed by atoms with Gasteiger partial charge in [-0.05, 0) is 12.2 Å². The van der Waals surface area contributed by atoms with Crippen LogP contribution in [-0.4, -0.2) is 37.7 Å². The number of carbonyl (C=O) groups excluding carboxylic acids is 1. The highest BCUT2D eigenvalue weighted by Gasteiger charge is 2.20. The molecule has 1 unspecified atom stereocenters. The van der Waals surface area contributed by atoms with Crippen LogP contribution in [0, 0.1) is 0 Å². The molecule has 1 N–H and O–H groups in total. The average Bonchev–Trinajstić information content (AvgIpc) is 1.97. The lowest BCUT2D eigenvalue weighted by atomic mass is 10.3. The van der Waals surface area contributed by atoms with Crippen molar-refractivity contribution in [1.29, 1.82) is 0 Å². The van der Waals surface area contributed by atoms with E-state index in [0.29, 0.717) is 4.48 Å². The van der Waals surface area contributed by atoms with Gasteiger partial charge in [0.1, 0.15) is 0 Å². The number of quaternary nitrogens is 1. The Balaban J connectivity index is 4.28. The number of rotatable bonds is 4. The van der Waals surface area contributed by atoms with Gasteiger partial charge in [0.2, 0.25) is 5.91 Å². The molecule has 1 atom stereocenters. The zero-order valence-electron chi connectivity index (χ0n) is 8.00. The molecular formula is C9H17N2O+. The maximum Gasteiger partial charge on any atom is 0.248 e. The van der Waals surface area contributed by atoms with Crippen molar-refractivity contribution in [2.24, 2.45) is 0 Å². The van der Waals surface area contributed by atoms with Gasteiger partial charge in [0.15, 0.2) is 6.17 Å². The normalized spacial score (nSPS) is 13.2. The summed E-state index contributed by atoms with van der Waals surface area (Å²) in [6.07, 6.45) is 2.89. The van der Waals surface area contributed by atoms with Crippen LogP contribution in [0.2, 0.25) is 0 Å². The number of amides is 1. The van der Waals surface area contributed by atoms with Gasteiger partial charge in [-0.2, -0.15) is 0 Å². The second-order valence-electron chi connectivity index (χ2n) is 3.51. The molecule has 12 heavy (non-hydrogen) atoms. The fraction of sp³-hybridized carbons (Fsp3) is 0.444. The Morgan fingerprint density at radius 1 is 1.42 bits per heavy atom. The first-order valence-corrected chi connectivity index (χ1v) is 3.78. The van der Waals surface area contributed by atoms with Crippen molar-refractivity contribution in [2.45, 2.75) is 6.17 Å². The summed E-state index contributed by atoms with van der Waals surface area (Å²) < 4.78 is 0.614. The molecular weight excluding hydrogens is 152 g/mol. The molecule has 0 aliphatic rings. The third-order valence-corrected chi connectivity index (χ3v) is 1.53. The zero-order valence-corrected chi connectivity index (χ0v) is 8.00. The van der Waals surface area contributed by atoms with Crippen molar-refractivity contribution >= 4 is 5.91 Å². The molecule has 0 aromatic heterocycles. The Morgan fingerprint density at radius 2 is 1.92 bits per heavy atom. The average molecular weight is 169 g/mol. The van der Waals surface area contributed by atoms with E-state index in [1.54, 1.807) is 6.08 Å². The SMILES string of the molecule is C=CC(=O)NC(C=C)[N+](C)(C)C. The summed E-state index contributed by atoms with van der Waals surface area (Å²) in [7, 11) is 5.95. The van der Waals surface area contributed by atoms with E-state index in [2.05, 4.69) is 18.5 Å². The highest BCUT2D eigenvalue weighted by molar-refractivity contribution is 5.87. The first-order valence-electron chi connectivity index (χ1n) is 3.78.